The molecule has 0 bridgehead atoms. The number of carbonyl (C=O) groups excluding carboxylic acids is 3. The highest BCUT2D eigenvalue weighted by Gasteiger charge is 2.27. The molecule has 2 amide bonds. The van der Waals surface area contributed by atoms with Crippen molar-refractivity contribution < 1.29 is 23.9 Å². The molecule has 0 radical (unpaired) electrons. The van der Waals surface area contributed by atoms with Crippen LogP contribution in [0.4, 0.5) is 10.5 Å². The first-order chi connectivity index (χ1) is 23.7. The molecule has 6 aromatic rings. The molecule has 6 rings (SSSR count). The van der Waals surface area contributed by atoms with Crippen LogP contribution >= 0.6 is 0 Å². The van der Waals surface area contributed by atoms with Gasteiger partial charge in [0.15, 0.2) is 0 Å². The van der Waals surface area contributed by atoms with Gasteiger partial charge in [-0.2, -0.15) is 0 Å². The SMILES string of the molecule is CC(C)(C)OC(=O)Nc1ccc2ccccc2c1-c1c(C(=O)N[C@@H](Cc2ccccc2)C(=O)OCc2ccccc2)ccc2ccccc12. The van der Waals surface area contributed by atoms with Gasteiger partial charge in [-0.25, -0.2) is 9.59 Å². The molecule has 7 nitrogen and oxygen atoms in total. The van der Waals surface area contributed by atoms with E-state index in [2.05, 4.69) is 10.6 Å². The Hall–Kier alpha value is -5.95. The second-order valence-electron chi connectivity index (χ2n) is 12.9. The first kappa shape index (κ1) is 33.0. The summed E-state index contributed by atoms with van der Waals surface area (Å²) in [6, 6.07) is 41.0. The van der Waals surface area contributed by atoms with Crippen molar-refractivity contribution in [2.75, 3.05) is 5.32 Å². The minimum absolute atomic E-state index is 0.0811. The van der Waals surface area contributed by atoms with Crippen molar-refractivity contribution >= 4 is 45.2 Å². The van der Waals surface area contributed by atoms with Crippen LogP contribution in [0.5, 0.6) is 0 Å². The molecular weight excluding hydrogens is 612 g/mol. The molecule has 0 fully saturated rings. The zero-order valence-electron chi connectivity index (χ0n) is 27.7. The van der Waals surface area contributed by atoms with Crippen LogP contribution < -0.4 is 10.6 Å². The van der Waals surface area contributed by atoms with E-state index in [1.807, 2.05) is 127 Å². The number of hydrogen-bond acceptors (Lipinski definition) is 5. The molecular formula is C42H38N2O5. The Kier molecular flexibility index (Phi) is 9.72. The van der Waals surface area contributed by atoms with Crippen molar-refractivity contribution in [2.45, 2.75) is 45.4 Å². The van der Waals surface area contributed by atoms with Crippen molar-refractivity contribution in [3.63, 3.8) is 0 Å². The topological polar surface area (TPSA) is 93.7 Å². The lowest BCUT2D eigenvalue weighted by molar-refractivity contribution is -0.147. The van der Waals surface area contributed by atoms with Gasteiger partial charge < -0.3 is 14.8 Å². The lowest BCUT2D eigenvalue weighted by Gasteiger charge is -2.23. The first-order valence-electron chi connectivity index (χ1n) is 16.3. The summed E-state index contributed by atoms with van der Waals surface area (Å²) in [7, 11) is 0. The highest BCUT2D eigenvalue weighted by Crippen LogP contribution is 2.41. The number of amides is 2. The molecule has 2 N–H and O–H groups in total. The number of fused-ring (bicyclic) bond motifs is 2. The van der Waals surface area contributed by atoms with Crippen LogP contribution in [0.1, 0.15) is 42.3 Å². The molecule has 246 valence electrons. The fraction of sp³-hybridized carbons (Fsp3) is 0.167. The zero-order chi connectivity index (χ0) is 34.4. The van der Waals surface area contributed by atoms with Crippen LogP contribution in [0.2, 0.25) is 0 Å². The number of rotatable bonds is 9. The summed E-state index contributed by atoms with van der Waals surface area (Å²) < 4.78 is 11.3. The molecule has 0 unspecified atom stereocenters. The Morgan fingerprint density at radius 2 is 1.18 bits per heavy atom. The maximum Gasteiger partial charge on any atom is 0.412 e. The van der Waals surface area contributed by atoms with Crippen molar-refractivity contribution in [1.29, 1.82) is 0 Å². The van der Waals surface area contributed by atoms with Crippen molar-refractivity contribution in [3.05, 3.63) is 150 Å². The fourth-order valence-electron chi connectivity index (χ4n) is 5.90. The Morgan fingerprint density at radius 1 is 0.633 bits per heavy atom. The van der Waals surface area contributed by atoms with Gasteiger partial charge in [-0.3, -0.25) is 10.1 Å². The van der Waals surface area contributed by atoms with Gasteiger partial charge in [-0.1, -0.05) is 121 Å². The average Bonchev–Trinajstić information content (AvgIpc) is 3.10. The quantitative estimate of drug-likeness (QED) is 0.152. The summed E-state index contributed by atoms with van der Waals surface area (Å²) in [6.07, 6.45) is -0.373. The normalized spacial score (nSPS) is 11.9. The van der Waals surface area contributed by atoms with Crippen molar-refractivity contribution in [3.8, 4) is 11.1 Å². The molecule has 0 saturated carbocycles. The second kappa shape index (κ2) is 14.4. The van der Waals surface area contributed by atoms with Gasteiger partial charge in [-0.15, -0.1) is 0 Å². The number of hydrogen-bond donors (Lipinski definition) is 2. The van der Waals surface area contributed by atoms with Gasteiger partial charge >= 0.3 is 12.1 Å². The average molecular weight is 651 g/mol. The Balaban J connectivity index is 1.44. The van der Waals surface area contributed by atoms with Gasteiger partial charge in [0, 0.05) is 23.1 Å². The predicted octanol–water partition coefficient (Wildman–Crippen LogP) is 9.09. The molecule has 6 aromatic carbocycles. The highest BCUT2D eigenvalue weighted by molar-refractivity contribution is 6.18. The molecule has 49 heavy (non-hydrogen) atoms. The Morgan fingerprint density at radius 3 is 1.82 bits per heavy atom. The van der Waals surface area contributed by atoms with Crippen LogP contribution in [0, 0.1) is 0 Å². The summed E-state index contributed by atoms with van der Waals surface area (Å²) in [6.45, 7) is 5.49. The third-order valence-electron chi connectivity index (χ3n) is 8.08. The maximum absolute atomic E-state index is 14.5. The summed E-state index contributed by atoms with van der Waals surface area (Å²) in [4.78, 5) is 41.2. The van der Waals surface area contributed by atoms with Crippen molar-refractivity contribution in [1.82, 2.24) is 5.32 Å². The number of carbonyl (C=O) groups is 3. The van der Waals surface area contributed by atoms with E-state index in [4.69, 9.17) is 9.47 Å². The summed E-state index contributed by atoms with van der Waals surface area (Å²) >= 11 is 0. The van der Waals surface area contributed by atoms with Crippen LogP contribution in [0.3, 0.4) is 0 Å². The Bertz CT molecular complexity index is 2120. The summed E-state index contributed by atoms with van der Waals surface area (Å²) in [5.41, 5.74) is 3.12. The van der Waals surface area contributed by atoms with Gasteiger partial charge in [-0.05, 0) is 65.6 Å². The molecule has 0 saturated heterocycles. The van der Waals surface area contributed by atoms with E-state index in [1.54, 1.807) is 26.8 Å². The van der Waals surface area contributed by atoms with Gasteiger partial charge in [0.25, 0.3) is 5.91 Å². The maximum atomic E-state index is 14.5. The third-order valence-corrected chi connectivity index (χ3v) is 8.08. The molecule has 0 aliphatic heterocycles. The molecule has 1 atom stereocenters. The number of anilines is 1. The van der Waals surface area contributed by atoms with Gasteiger partial charge in [0.05, 0.1) is 5.69 Å². The molecule has 0 heterocycles. The lowest BCUT2D eigenvalue weighted by Crippen LogP contribution is -2.43. The standard InChI is InChI=1S/C42H38N2O5/c1-42(2,3)49-41(47)44-35-25-23-31-19-11-13-21-33(31)38(35)37-32-20-12-10-18-30(32)22-24-34(37)39(45)43-36(26-28-14-6-4-7-15-28)40(46)48-27-29-16-8-5-9-17-29/h4-25,36H,26-27H2,1-3H3,(H,43,45)(H,44,47)/t36-/m0/s1. The van der Waals surface area contributed by atoms with E-state index < -0.39 is 29.6 Å². The van der Waals surface area contributed by atoms with E-state index in [0.717, 1.165) is 32.7 Å². The number of esters is 1. The summed E-state index contributed by atoms with van der Waals surface area (Å²) in [5.74, 6) is -0.990. The van der Waals surface area contributed by atoms with Crippen LogP contribution in [0.15, 0.2) is 133 Å². The van der Waals surface area contributed by atoms with E-state index in [0.29, 0.717) is 22.4 Å². The van der Waals surface area contributed by atoms with Crippen LogP contribution in [0.25, 0.3) is 32.7 Å². The van der Waals surface area contributed by atoms with E-state index in [1.165, 1.54) is 0 Å². The molecule has 0 spiro atoms. The number of nitrogens with one attached hydrogen (secondary N) is 2. The van der Waals surface area contributed by atoms with Gasteiger partial charge in [0.2, 0.25) is 0 Å². The first-order valence-corrected chi connectivity index (χ1v) is 16.3. The fourth-order valence-corrected chi connectivity index (χ4v) is 5.90. The minimum Gasteiger partial charge on any atom is -0.459 e. The Labute approximate surface area is 285 Å². The number of ether oxygens (including phenoxy) is 2. The minimum atomic E-state index is -0.968. The smallest absolute Gasteiger partial charge is 0.412 e. The third kappa shape index (κ3) is 7.96. The largest absolute Gasteiger partial charge is 0.459 e. The van der Waals surface area contributed by atoms with Crippen molar-refractivity contribution in [2.24, 2.45) is 0 Å². The van der Waals surface area contributed by atoms with Gasteiger partial charge in [0.1, 0.15) is 18.2 Å². The second-order valence-corrected chi connectivity index (χ2v) is 12.9. The molecule has 0 aliphatic rings. The molecule has 7 heteroatoms. The number of benzene rings is 6. The van der Waals surface area contributed by atoms with E-state index in [-0.39, 0.29) is 13.0 Å². The van der Waals surface area contributed by atoms with E-state index in [9.17, 15) is 14.4 Å². The highest BCUT2D eigenvalue weighted by atomic mass is 16.6. The van der Waals surface area contributed by atoms with Crippen LogP contribution in [-0.2, 0) is 27.3 Å². The zero-order valence-corrected chi connectivity index (χ0v) is 27.7. The molecule has 0 aromatic heterocycles. The molecule has 0 aliphatic carbocycles. The van der Waals surface area contributed by atoms with Crippen LogP contribution in [-0.4, -0.2) is 29.6 Å². The lowest BCUT2D eigenvalue weighted by atomic mass is 9.88. The summed E-state index contributed by atoms with van der Waals surface area (Å²) in [5, 5.41) is 9.44. The predicted molar refractivity (Wildman–Crippen MR) is 194 cm³/mol. The monoisotopic (exact) mass is 650 g/mol. The van der Waals surface area contributed by atoms with E-state index >= 15 is 0 Å².